The second-order valence-corrected chi connectivity index (χ2v) is 3.78. The Hall–Kier alpha value is -2.03. The second-order valence-electron chi connectivity index (χ2n) is 3.78. The lowest BCUT2D eigenvalue weighted by molar-refractivity contribution is 0.480. The van der Waals surface area contributed by atoms with Crippen LogP contribution < -0.4 is 10.5 Å². The molecule has 0 aliphatic heterocycles. The number of nitrogen functional groups attached to an aromatic ring is 1. The van der Waals surface area contributed by atoms with E-state index in [0.717, 1.165) is 16.9 Å². The summed E-state index contributed by atoms with van der Waals surface area (Å²) in [5.74, 6) is 1.47. The molecule has 3 nitrogen and oxygen atoms in total. The monoisotopic (exact) mass is 214 g/mol. The van der Waals surface area contributed by atoms with Crippen molar-refractivity contribution in [1.82, 2.24) is 4.98 Å². The highest BCUT2D eigenvalue weighted by Crippen LogP contribution is 2.29. The first kappa shape index (κ1) is 10.5. The summed E-state index contributed by atoms with van der Waals surface area (Å²) in [7, 11) is 0. The Labute approximate surface area is 94.9 Å². The first-order valence-corrected chi connectivity index (χ1v) is 5.11. The maximum atomic E-state index is 5.77. The number of benzene rings is 1. The first-order chi connectivity index (χ1) is 7.66. The van der Waals surface area contributed by atoms with Crippen LogP contribution >= 0.6 is 0 Å². The largest absolute Gasteiger partial charge is 0.455 e. The van der Waals surface area contributed by atoms with Crippen LogP contribution in [0.5, 0.6) is 11.5 Å². The number of hydrogen-bond donors (Lipinski definition) is 1. The number of nitrogens with zero attached hydrogens (tertiary/aromatic N) is 1. The summed E-state index contributed by atoms with van der Waals surface area (Å²) in [6, 6.07) is 7.84. The molecule has 3 heteroatoms. The lowest BCUT2D eigenvalue weighted by atomic mass is 10.1. The van der Waals surface area contributed by atoms with Crippen LogP contribution in [-0.2, 0) is 0 Å². The smallest absolute Gasteiger partial charge is 0.153 e. The summed E-state index contributed by atoms with van der Waals surface area (Å²) in [5, 5.41) is 0. The third kappa shape index (κ3) is 2.14. The van der Waals surface area contributed by atoms with E-state index in [4.69, 9.17) is 10.5 Å². The molecule has 0 radical (unpaired) electrons. The fraction of sp³-hybridized carbons (Fsp3) is 0.154. The highest BCUT2D eigenvalue weighted by atomic mass is 16.5. The Balaban J connectivity index is 2.34. The van der Waals surface area contributed by atoms with Crippen molar-refractivity contribution in [2.75, 3.05) is 5.73 Å². The zero-order valence-electron chi connectivity index (χ0n) is 9.40. The summed E-state index contributed by atoms with van der Waals surface area (Å²) in [4.78, 5) is 3.92. The van der Waals surface area contributed by atoms with Gasteiger partial charge in [0.25, 0.3) is 0 Å². The fourth-order valence-electron chi connectivity index (χ4n) is 1.42. The predicted molar refractivity (Wildman–Crippen MR) is 64.6 cm³/mol. The van der Waals surface area contributed by atoms with Crippen LogP contribution in [0.1, 0.15) is 11.1 Å². The molecule has 0 aliphatic rings. The minimum atomic E-state index is 0.545. The molecule has 16 heavy (non-hydrogen) atoms. The molecule has 0 unspecified atom stereocenters. The van der Waals surface area contributed by atoms with Crippen LogP contribution in [0.25, 0.3) is 0 Å². The molecule has 0 bridgehead atoms. The van der Waals surface area contributed by atoms with Crippen molar-refractivity contribution >= 4 is 5.69 Å². The first-order valence-electron chi connectivity index (χ1n) is 5.11. The van der Waals surface area contributed by atoms with Gasteiger partial charge in [-0.1, -0.05) is 12.1 Å². The van der Waals surface area contributed by atoms with E-state index in [9.17, 15) is 0 Å². The molecule has 0 aliphatic carbocycles. The number of aryl methyl sites for hydroxylation is 2. The van der Waals surface area contributed by atoms with Gasteiger partial charge >= 0.3 is 0 Å². The summed E-state index contributed by atoms with van der Waals surface area (Å²) in [6.07, 6.45) is 3.25. The zero-order valence-corrected chi connectivity index (χ0v) is 9.40. The summed E-state index contributed by atoms with van der Waals surface area (Å²) >= 11 is 0. The highest BCUT2D eigenvalue weighted by Gasteiger charge is 2.04. The van der Waals surface area contributed by atoms with Crippen LogP contribution in [-0.4, -0.2) is 4.98 Å². The maximum Gasteiger partial charge on any atom is 0.153 e. The third-order valence-corrected chi connectivity index (χ3v) is 2.37. The van der Waals surface area contributed by atoms with Gasteiger partial charge in [-0.3, -0.25) is 4.98 Å². The SMILES string of the molecule is Cc1ccc(C)c(Oc2ccncc2N)c1. The molecule has 0 amide bonds. The Morgan fingerprint density at radius 2 is 1.94 bits per heavy atom. The maximum absolute atomic E-state index is 5.77. The topological polar surface area (TPSA) is 48.1 Å². The number of aromatic nitrogens is 1. The number of rotatable bonds is 2. The van der Waals surface area contributed by atoms with Gasteiger partial charge in [-0.2, -0.15) is 0 Å². The average molecular weight is 214 g/mol. The Morgan fingerprint density at radius 1 is 1.12 bits per heavy atom. The number of hydrogen-bond acceptors (Lipinski definition) is 3. The van der Waals surface area contributed by atoms with Gasteiger partial charge in [-0.25, -0.2) is 0 Å². The van der Waals surface area contributed by atoms with Crippen LogP contribution in [0.15, 0.2) is 36.7 Å². The van der Waals surface area contributed by atoms with E-state index in [1.165, 1.54) is 0 Å². The van der Waals surface area contributed by atoms with Crippen molar-refractivity contribution in [2.45, 2.75) is 13.8 Å². The fourth-order valence-corrected chi connectivity index (χ4v) is 1.42. The van der Waals surface area contributed by atoms with Gasteiger partial charge in [0.05, 0.1) is 11.9 Å². The van der Waals surface area contributed by atoms with Crippen molar-refractivity contribution in [3.63, 3.8) is 0 Å². The van der Waals surface area contributed by atoms with Crippen LogP contribution in [0.4, 0.5) is 5.69 Å². The number of ether oxygens (including phenoxy) is 1. The second kappa shape index (κ2) is 4.23. The number of anilines is 1. The zero-order chi connectivity index (χ0) is 11.5. The van der Waals surface area contributed by atoms with Gasteiger partial charge in [-0.15, -0.1) is 0 Å². The Morgan fingerprint density at radius 3 is 2.69 bits per heavy atom. The minimum Gasteiger partial charge on any atom is -0.455 e. The molecular formula is C13H14N2O. The van der Waals surface area contributed by atoms with Gasteiger partial charge in [0.1, 0.15) is 5.75 Å². The van der Waals surface area contributed by atoms with Crippen molar-refractivity contribution in [3.05, 3.63) is 47.8 Å². The lowest BCUT2D eigenvalue weighted by Gasteiger charge is -2.10. The molecule has 1 aromatic carbocycles. The molecule has 0 spiro atoms. The van der Waals surface area contributed by atoms with Gasteiger partial charge < -0.3 is 10.5 Å². The molecule has 2 N–H and O–H groups in total. The minimum absolute atomic E-state index is 0.545. The Bertz CT molecular complexity index is 509. The number of pyridine rings is 1. The third-order valence-electron chi connectivity index (χ3n) is 2.37. The van der Waals surface area contributed by atoms with Crippen LogP contribution in [0, 0.1) is 13.8 Å². The highest BCUT2D eigenvalue weighted by molar-refractivity contribution is 5.52. The van der Waals surface area contributed by atoms with Gasteiger partial charge in [0.2, 0.25) is 0 Å². The molecule has 0 saturated carbocycles. The van der Waals surface area contributed by atoms with Gasteiger partial charge in [0, 0.05) is 12.3 Å². The molecule has 2 aromatic rings. The van der Waals surface area contributed by atoms with Crippen LogP contribution in [0.3, 0.4) is 0 Å². The normalized spacial score (nSPS) is 10.1. The Kier molecular flexibility index (Phi) is 2.77. The van der Waals surface area contributed by atoms with Crippen molar-refractivity contribution in [1.29, 1.82) is 0 Å². The number of nitrogens with two attached hydrogens (primary N) is 1. The van der Waals surface area contributed by atoms with E-state index in [0.29, 0.717) is 11.4 Å². The molecule has 82 valence electrons. The van der Waals surface area contributed by atoms with E-state index in [1.54, 1.807) is 18.5 Å². The van der Waals surface area contributed by atoms with Crippen LogP contribution in [0.2, 0.25) is 0 Å². The molecule has 1 aromatic heterocycles. The van der Waals surface area contributed by atoms with E-state index in [-0.39, 0.29) is 0 Å². The predicted octanol–water partition coefficient (Wildman–Crippen LogP) is 3.07. The summed E-state index contributed by atoms with van der Waals surface area (Å²) in [6.45, 7) is 4.04. The molecule has 0 fully saturated rings. The van der Waals surface area contributed by atoms with Crippen molar-refractivity contribution in [2.24, 2.45) is 0 Å². The van der Waals surface area contributed by atoms with Gasteiger partial charge in [-0.05, 0) is 31.0 Å². The summed E-state index contributed by atoms with van der Waals surface area (Å²) in [5.41, 5.74) is 8.56. The van der Waals surface area contributed by atoms with E-state index in [1.807, 2.05) is 26.0 Å². The average Bonchev–Trinajstić information content (AvgIpc) is 2.27. The van der Waals surface area contributed by atoms with Crippen molar-refractivity contribution in [3.8, 4) is 11.5 Å². The quantitative estimate of drug-likeness (QED) is 0.835. The molecule has 0 saturated heterocycles. The standard InChI is InChI=1S/C13H14N2O/c1-9-3-4-10(2)13(7-9)16-12-5-6-15-8-11(12)14/h3-8H,14H2,1-2H3. The molecule has 1 heterocycles. The van der Waals surface area contributed by atoms with Gasteiger partial charge in [0.15, 0.2) is 5.75 Å². The van der Waals surface area contributed by atoms with Crippen molar-refractivity contribution < 1.29 is 4.74 Å². The molecule has 0 atom stereocenters. The van der Waals surface area contributed by atoms with E-state index < -0.39 is 0 Å². The lowest BCUT2D eigenvalue weighted by Crippen LogP contribution is -1.94. The molecular weight excluding hydrogens is 200 g/mol. The van der Waals surface area contributed by atoms with E-state index >= 15 is 0 Å². The molecule has 2 rings (SSSR count). The van der Waals surface area contributed by atoms with E-state index in [2.05, 4.69) is 11.1 Å². The summed E-state index contributed by atoms with van der Waals surface area (Å²) < 4.78 is 5.76.